The van der Waals surface area contributed by atoms with Crippen LogP contribution < -0.4 is 10.1 Å². The van der Waals surface area contributed by atoms with E-state index in [-0.39, 0.29) is 0 Å². The molecule has 2 atom stereocenters. The first kappa shape index (κ1) is 13.3. The second-order valence-corrected chi connectivity index (χ2v) is 6.50. The summed E-state index contributed by atoms with van der Waals surface area (Å²) in [4.78, 5) is 0. The van der Waals surface area contributed by atoms with Gasteiger partial charge in [0.25, 0.3) is 0 Å². The predicted molar refractivity (Wildman–Crippen MR) is 77.3 cm³/mol. The van der Waals surface area contributed by atoms with Gasteiger partial charge in [-0.2, -0.15) is 0 Å². The second-order valence-electron chi connectivity index (χ2n) is 6.50. The molecule has 100 valence electrons. The Balaban J connectivity index is 2.15. The van der Waals surface area contributed by atoms with Crippen LogP contribution in [0.4, 0.5) is 5.69 Å². The van der Waals surface area contributed by atoms with Crippen LogP contribution in [0.1, 0.15) is 39.2 Å². The largest absolute Gasteiger partial charge is 0.495 e. The van der Waals surface area contributed by atoms with Gasteiger partial charge in [0.1, 0.15) is 5.75 Å². The maximum absolute atomic E-state index is 5.46. The summed E-state index contributed by atoms with van der Waals surface area (Å²) in [6.45, 7) is 9.15. The molecule has 1 fully saturated rings. The van der Waals surface area contributed by atoms with Crippen LogP contribution in [-0.4, -0.2) is 13.2 Å². The second kappa shape index (κ2) is 4.83. The van der Waals surface area contributed by atoms with E-state index in [0.717, 1.165) is 11.4 Å². The number of aryl methyl sites for hydroxylation is 1. The zero-order valence-corrected chi connectivity index (χ0v) is 12.2. The Morgan fingerprint density at radius 1 is 1.28 bits per heavy atom. The summed E-state index contributed by atoms with van der Waals surface area (Å²) in [5.41, 5.74) is 2.81. The average Bonchev–Trinajstić information content (AvgIpc) is 2.54. The zero-order chi connectivity index (χ0) is 13.3. The van der Waals surface area contributed by atoms with Crippen LogP contribution in [0.15, 0.2) is 18.2 Å². The molecule has 2 heteroatoms. The van der Waals surface area contributed by atoms with Crippen LogP contribution in [0.3, 0.4) is 0 Å². The van der Waals surface area contributed by atoms with E-state index in [1.54, 1.807) is 7.11 Å². The van der Waals surface area contributed by atoms with Gasteiger partial charge >= 0.3 is 0 Å². The van der Waals surface area contributed by atoms with Crippen molar-refractivity contribution in [2.75, 3.05) is 12.4 Å². The summed E-state index contributed by atoms with van der Waals surface area (Å²) in [6.07, 6.45) is 2.52. The Labute approximate surface area is 111 Å². The predicted octanol–water partition coefficient (Wildman–Crippen LogP) is 4.24. The smallest absolute Gasteiger partial charge is 0.142 e. The Kier molecular flexibility index (Phi) is 3.56. The third-order valence-corrected chi connectivity index (χ3v) is 4.03. The minimum absolute atomic E-state index is 0.453. The van der Waals surface area contributed by atoms with Gasteiger partial charge < -0.3 is 10.1 Å². The van der Waals surface area contributed by atoms with E-state index in [1.807, 2.05) is 0 Å². The average molecular weight is 247 g/mol. The van der Waals surface area contributed by atoms with E-state index in [4.69, 9.17) is 4.74 Å². The highest BCUT2D eigenvalue weighted by molar-refractivity contribution is 5.58. The number of anilines is 1. The molecule has 1 N–H and O–H groups in total. The standard InChI is InChI=1S/C16H25NO/c1-11-6-7-13(15(8-11)18-5)17-14-10-16(3,4)9-12(14)2/h6-8,12,14,17H,9-10H2,1-5H3. The van der Waals surface area contributed by atoms with Gasteiger partial charge in [0.05, 0.1) is 12.8 Å². The Morgan fingerprint density at radius 3 is 2.56 bits per heavy atom. The van der Waals surface area contributed by atoms with Crippen LogP contribution in [-0.2, 0) is 0 Å². The highest BCUT2D eigenvalue weighted by Crippen LogP contribution is 2.42. The van der Waals surface area contributed by atoms with Crippen molar-refractivity contribution in [1.82, 2.24) is 0 Å². The van der Waals surface area contributed by atoms with Crippen LogP contribution in [0.25, 0.3) is 0 Å². The van der Waals surface area contributed by atoms with Crippen LogP contribution >= 0.6 is 0 Å². The molecule has 18 heavy (non-hydrogen) atoms. The van der Waals surface area contributed by atoms with Gasteiger partial charge in [0, 0.05) is 6.04 Å². The van der Waals surface area contributed by atoms with Crippen LogP contribution in [0.2, 0.25) is 0 Å². The first-order valence-corrected chi connectivity index (χ1v) is 6.82. The third-order valence-electron chi connectivity index (χ3n) is 4.03. The van der Waals surface area contributed by atoms with Crippen molar-refractivity contribution in [3.8, 4) is 5.75 Å². The van der Waals surface area contributed by atoms with Gasteiger partial charge in [0.15, 0.2) is 0 Å². The van der Waals surface area contributed by atoms with E-state index in [0.29, 0.717) is 17.4 Å². The molecule has 1 aromatic carbocycles. The lowest BCUT2D eigenvalue weighted by Gasteiger charge is -2.21. The maximum Gasteiger partial charge on any atom is 0.142 e. The maximum atomic E-state index is 5.46. The molecular formula is C16H25NO. The monoisotopic (exact) mass is 247 g/mol. The van der Waals surface area contributed by atoms with E-state index in [9.17, 15) is 0 Å². The van der Waals surface area contributed by atoms with Crippen LogP contribution in [0, 0.1) is 18.3 Å². The number of methoxy groups -OCH3 is 1. The Hall–Kier alpha value is -1.18. The fraction of sp³-hybridized carbons (Fsp3) is 0.625. The van der Waals surface area contributed by atoms with Gasteiger partial charge in [-0.15, -0.1) is 0 Å². The number of ether oxygens (including phenoxy) is 1. The van der Waals surface area contributed by atoms with Crippen molar-refractivity contribution in [1.29, 1.82) is 0 Å². The number of rotatable bonds is 3. The summed E-state index contributed by atoms with van der Waals surface area (Å²) in [5.74, 6) is 1.66. The van der Waals surface area contributed by atoms with E-state index in [2.05, 4.69) is 51.2 Å². The Bertz CT molecular complexity index is 425. The summed E-state index contributed by atoms with van der Waals surface area (Å²) >= 11 is 0. The van der Waals surface area contributed by atoms with E-state index in [1.165, 1.54) is 18.4 Å². The topological polar surface area (TPSA) is 21.3 Å². The molecule has 2 rings (SSSR count). The fourth-order valence-corrected chi connectivity index (χ4v) is 3.20. The molecule has 0 aromatic heterocycles. The zero-order valence-electron chi connectivity index (χ0n) is 12.2. The SMILES string of the molecule is COc1cc(C)ccc1NC1CC(C)(C)CC1C. The lowest BCUT2D eigenvalue weighted by atomic mass is 9.91. The molecule has 0 bridgehead atoms. The highest BCUT2D eigenvalue weighted by atomic mass is 16.5. The normalized spacial score (nSPS) is 26.1. The minimum Gasteiger partial charge on any atom is -0.495 e. The highest BCUT2D eigenvalue weighted by Gasteiger charge is 2.36. The minimum atomic E-state index is 0.453. The summed E-state index contributed by atoms with van der Waals surface area (Å²) < 4.78 is 5.46. The molecule has 1 aromatic rings. The van der Waals surface area contributed by atoms with Crippen LogP contribution in [0.5, 0.6) is 5.75 Å². The molecule has 0 radical (unpaired) electrons. The lowest BCUT2D eigenvalue weighted by molar-refractivity contribution is 0.366. The van der Waals surface area contributed by atoms with Crippen molar-refractivity contribution in [3.05, 3.63) is 23.8 Å². The number of hydrogen-bond acceptors (Lipinski definition) is 2. The van der Waals surface area contributed by atoms with Gasteiger partial charge in [-0.1, -0.05) is 26.8 Å². The molecule has 0 heterocycles. The van der Waals surface area contributed by atoms with Crippen molar-refractivity contribution in [3.63, 3.8) is 0 Å². The van der Waals surface area contributed by atoms with Crippen molar-refractivity contribution in [2.45, 2.75) is 46.6 Å². The molecule has 1 saturated carbocycles. The first-order valence-electron chi connectivity index (χ1n) is 6.82. The molecule has 0 saturated heterocycles. The van der Waals surface area contributed by atoms with Gasteiger partial charge in [0.2, 0.25) is 0 Å². The Morgan fingerprint density at radius 2 is 2.00 bits per heavy atom. The molecular weight excluding hydrogens is 222 g/mol. The summed E-state index contributed by atoms with van der Waals surface area (Å²) in [6, 6.07) is 6.91. The van der Waals surface area contributed by atoms with Gasteiger partial charge in [-0.25, -0.2) is 0 Å². The number of nitrogens with one attached hydrogen (secondary N) is 1. The van der Waals surface area contributed by atoms with Crippen molar-refractivity contribution in [2.24, 2.45) is 11.3 Å². The van der Waals surface area contributed by atoms with Crippen molar-refractivity contribution < 1.29 is 4.74 Å². The first-order chi connectivity index (χ1) is 8.41. The van der Waals surface area contributed by atoms with E-state index < -0.39 is 0 Å². The number of hydrogen-bond donors (Lipinski definition) is 1. The molecule has 1 aliphatic carbocycles. The van der Waals surface area contributed by atoms with Gasteiger partial charge in [-0.05, 0) is 48.8 Å². The molecule has 0 amide bonds. The molecule has 2 unspecified atom stereocenters. The third kappa shape index (κ3) is 2.80. The van der Waals surface area contributed by atoms with Crippen molar-refractivity contribution >= 4 is 5.69 Å². The quantitative estimate of drug-likeness (QED) is 0.862. The molecule has 2 nitrogen and oxygen atoms in total. The number of benzene rings is 1. The molecule has 0 spiro atoms. The van der Waals surface area contributed by atoms with Gasteiger partial charge in [-0.3, -0.25) is 0 Å². The molecule has 0 aliphatic heterocycles. The summed E-state index contributed by atoms with van der Waals surface area (Å²) in [7, 11) is 1.74. The molecule has 1 aliphatic rings. The lowest BCUT2D eigenvalue weighted by Crippen LogP contribution is -2.22. The van der Waals surface area contributed by atoms with E-state index >= 15 is 0 Å². The summed E-state index contributed by atoms with van der Waals surface area (Å²) in [5, 5.41) is 3.67. The fourth-order valence-electron chi connectivity index (χ4n) is 3.20.